The lowest BCUT2D eigenvalue weighted by Crippen LogP contribution is -2.58. The lowest BCUT2D eigenvalue weighted by atomic mass is 9.94. The molecule has 2 amide bonds. The lowest BCUT2D eigenvalue weighted by Gasteiger charge is -2.29. The molecule has 2 aliphatic carbocycles. The van der Waals surface area contributed by atoms with Crippen molar-refractivity contribution in [1.29, 1.82) is 0 Å². The highest BCUT2D eigenvalue weighted by atomic mass is 16.5. The van der Waals surface area contributed by atoms with Crippen LogP contribution in [0.4, 0.5) is 4.79 Å². The summed E-state index contributed by atoms with van der Waals surface area (Å²) in [5.41, 5.74) is 3.08. The van der Waals surface area contributed by atoms with Gasteiger partial charge in [-0.2, -0.15) is 0 Å². The molecule has 1 fully saturated rings. The van der Waals surface area contributed by atoms with Gasteiger partial charge in [-0.3, -0.25) is 4.79 Å². The smallest absolute Gasteiger partial charge is 0.408 e. The molecule has 1 unspecified atom stereocenters. The molecule has 5 rings (SSSR count). The number of carboxylic acid groups (broad SMARTS) is 1. The van der Waals surface area contributed by atoms with Crippen LogP contribution in [0.1, 0.15) is 53.1 Å². The number of hydrogen-bond acceptors (Lipinski definition) is 6. The zero-order valence-corrected chi connectivity index (χ0v) is 19.1. The Hall–Kier alpha value is -4.14. The van der Waals surface area contributed by atoms with Gasteiger partial charge in [0.2, 0.25) is 5.91 Å². The molecule has 2 aliphatic rings. The van der Waals surface area contributed by atoms with Gasteiger partial charge in [-0.25, -0.2) is 9.59 Å². The third-order valence-electron chi connectivity index (χ3n) is 6.77. The maximum Gasteiger partial charge on any atom is 0.408 e. The van der Waals surface area contributed by atoms with Gasteiger partial charge in [0.15, 0.2) is 11.5 Å². The first kappa shape index (κ1) is 22.6. The number of ether oxygens (including phenoxy) is 1. The normalized spacial score (nSPS) is 16.0. The van der Waals surface area contributed by atoms with Crippen molar-refractivity contribution in [3.05, 3.63) is 77.2 Å². The van der Waals surface area contributed by atoms with Crippen LogP contribution in [-0.4, -0.2) is 40.4 Å². The Morgan fingerprint density at radius 1 is 1.09 bits per heavy atom. The van der Waals surface area contributed by atoms with Crippen LogP contribution in [0.15, 0.2) is 59.1 Å². The largest absolute Gasteiger partial charge is 0.476 e. The molecule has 180 valence electrons. The van der Waals surface area contributed by atoms with E-state index in [4.69, 9.17) is 14.4 Å². The van der Waals surface area contributed by atoms with Crippen molar-refractivity contribution in [3.63, 3.8) is 0 Å². The fraction of sp³-hybridized carbons (Fsp3) is 0.308. The highest BCUT2D eigenvalue weighted by molar-refractivity contribution is 5.90. The molecule has 0 bridgehead atoms. The molecule has 1 atom stereocenters. The molecule has 1 heterocycles. The molecule has 0 spiro atoms. The van der Waals surface area contributed by atoms with E-state index in [1.165, 1.54) is 6.07 Å². The lowest BCUT2D eigenvalue weighted by molar-refractivity contribution is -0.128. The topological polar surface area (TPSA) is 131 Å². The Balaban J connectivity index is 1.23. The van der Waals surface area contributed by atoms with E-state index in [0.29, 0.717) is 0 Å². The molecule has 9 nitrogen and oxygen atoms in total. The molecule has 3 N–H and O–H groups in total. The minimum Gasteiger partial charge on any atom is -0.476 e. The van der Waals surface area contributed by atoms with Crippen molar-refractivity contribution in [2.45, 2.75) is 37.8 Å². The van der Waals surface area contributed by atoms with Crippen LogP contribution in [0.2, 0.25) is 0 Å². The van der Waals surface area contributed by atoms with Gasteiger partial charge in [0.25, 0.3) is 0 Å². The van der Waals surface area contributed by atoms with Crippen LogP contribution in [0.5, 0.6) is 0 Å². The number of benzene rings is 2. The highest BCUT2D eigenvalue weighted by Crippen LogP contribution is 2.44. The van der Waals surface area contributed by atoms with E-state index < -0.39 is 23.5 Å². The molecule has 2 aromatic carbocycles. The van der Waals surface area contributed by atoms with Crippen molar-refractivity contribution in [2.24, 2.45) is 5.92 Å². The summed E-state index contributed by atoms with van der Waals surface area (Å²) in [5, 5.41) is 17.9. The van der Waals surface area contributed by atoms with Crippen molar-refractivity contribution in [3.8, 4) is 11.1 Å². The fourth-order valence-electron chi connectivity index (χ4n) is 4.70. The average Bonchev–Trinajstić information content (AvgIpc) is 3.53. The maximum atomic E-state index is 13.0. The van der Waals surface area contributed by atoms with Crippen LogP contribution in [-0.2, 0) is 16.1 Å². The highest BCUT2D eigenvalue weighted by Gasteiger charge is 2.48. The Bertz CT molecular complexity index is 1250. The van der Waals surface area contributed by atoms with Crippen molar-refractivity contribution in [2.75, 3.05) is 6.61 Å². The summed E-state index contributed by atoms with van der Waals surface area (Å²) in [6, 6.07) is 17.4. The second-order valence-corrected chi connectivity index (χ2v) is 9.09. The first-order chi connectivity index (χ1) is 16.9. The third-order valence-corrected chi connectivity index (χ3v) is 6.77. The molecule has 1 saturated carbocycles. The van der Waals surface area contributed by atoms with E-state index in [9.17, 15) is 14.4 Å². The first-order valence-corrected chi connectivity index (χ1v) is 11.5. The average molecular weight is 476 g/mol. The van der Waals surface area contributed by atoms with Gasteiger partial charge in [-0.05, 0) is 47.9 Å². The van der Waals surface area contributed by atoms with Gasteiger partial charge in [0.05, 0.1) is 6.54 Å². The summed E-state index contributed by atoms with van der Waals surface area (Å²) >= 11 is 0. The number of aromatic carboxylic acids is 1. The predicted octanol–water partition coefficient (Wildman–Crippen LogP) is 3.70. The summed E-state index contributed by atoms with van der Waals surface area (Å²) in [4.78, 5) is 36.8. The summed E-state index contributed by atoms with van der Waals surface area (Å²) in [5.74, 6) is -1.51. The van der Waals surface area contributed by atoms with Crippen LogP contribution in [0.3, 0.4) is 0 Å². The standard InChI is InChI=1S/C26H25N3O6/c1-26(15-10-11-15,24(32)27-13-16-12-22(23(30)31)29-35-16)28-25(33)34-14-21-19-8-4-2-6-17(19)18-7-3-5-9-20(18)21/h2-9,12,15,21H,10-11,13-14H2,1H3,(H,27,32)(H,28,33)(H,30,31). The number of nitrogens with zero attached hydrogens (tertiary/aromatic N) is 1. The van der Waals surface area contributed by atoms with E-state index in [2.05, 4.69) is 27.9 Å². The third kappa shape index (κ3) is 4.37. The Morgan fingerprint density at radius 2 is 1.71 bits per heavy atom. The zero-order valence-electron chi connectivity index (χ0n) is 19.1. The number of fused-ring (bicyclic) bond motifs is 3. The number of carbonyl (C=O) groups excluding carboxylic acids is 2. The predicted molar refractivity (Wildman–Crippen MR) is 125 cm³/mol. The monoisotopic (exact) mass is 475 g/mol. The second-order valence-electron chi connectivity index (χ2n) is 9.09. The molecule has 35 heavy (non-hydrogen) atoms. The van der Waals surface area contributed by atoms with Crippen LogP contribution >= 0.6 is 0 Å². The molecular formula is C26H25N3O6. The minimum absolute atomic E-state index is 0.0210. The Morgan fingerprint density at radius 3 is 2.29 bits per heavy atom. The number of rotatable bonds is 8. The van der Waals surface area contributed by atoms with Crippen molar-refractivity contribution in [1.82, 2.24) is 15.8 Å². The number of carboxylic acids is 1. The maximum absolute atomic E-state index is 13.0. The van der Waals surface area contributed by atoms with Gasteiger partial charge in [-0.1, -0.05) is 53.7 Å². The van der Waals surface area contributed by atoms with Gasteiger partial charge in [-0.15, -0.1) is 0 Å². The number of amides is 2. The molecule has 9 heteroatoms. The van der Waals surface area contributed by atoms with Crippen molar-refractivity contribution < 1.29 is 28.8 Å². The molecule has 1 aromatic heterocycles. The fourth-order valence-corrected chi connectivity index (χ4v) is 4.70. The van der Waals surface area contributed by atoms with E-state index in [-0.39, 0.29) is 36.4 Å². The quantitative estimate of drug-likeness (QED) is 0.453. The number of nitrogens with one attached hydrogen (secondary N) is 2. The second kappa shape index (κ2) is 8.90. The zero-order chi connectivity index (χ0) is 24.6. The van der Waals surface area contributed by atoms with E-state index in [0.717, 1.165) is 35.1 Å². The number of hydrogen-bond donors (Lipinski definition) is 3. The molecule has 3 aromatic rings. The van der Waals surface area contributed by atoms with Crippen LogP contribution < -0.4 is 10.6 Å². The molecule has 0 saturated heterocycles. The Labute approximate surface area is 201 Å². The SMILES string of the molecule is CC(NC(=O)OCC1c2ccccc2-c2ccccc21)(C(=O)NCc1cc(C(=O)O)no1)C1CC1. The van der Waals surface area contributed by atoms with Gasteiger partial charge < -0.3 is 25.0 Å². The molecular weight excluding hydrogens is 450 g/mol. The van der Waals surface area contributed by atoms with Gasteiger partial charge >= 0.3 is 12.1 Å². The van der Waals surface area contributed by atoms with E-state index in [1.807, 2.05) is 36.4 Å². The minimum atomic E-state index is -1.22. The summed E-state index contributed by atoms with van der Waals surface area (Å²) in [6.07, 6.45) is 0.946. The molecule has 0 radical (unpaired) electrons. The van der Waals surface area contributed by atoms with Gasteiger partial charge in [0.1, 0.15) is 12.1 Å². The number of aromatic nitrogens is 1. The van der Waals surface area contributed by atoms with Crippen LogP contribution in [0, 0.1) is 5.92 Å². The van der Waals surface area contributed by atoms with Crippen molar-refractivity contribution >= 4 is 18.0 Å². The number of carbonyl (C=O) groups is 3. The summed E-state index contributed by atoms with van der Waals surface area (Å²) in [7, 11) is 0. The van der Waals surface area contributed by atoms with E-state index >= 15 is 0 Å². The van der Waals surface area contributed by atoms with Crippen LogP contribution in [0.25, 0.3) is 11.1 Å². The van der Waals surface area contributed by atoms with E-state index in [1.54, 1.807) is 6.92 Å². The summed E-state index contributed by atoms with van der Waals surface area (Å²) in [6.45, 7) is 1.77. The first-order valence-electron chi connectivity index (χ1n) is 11.5. The van der Waals surface area contributed by atoms with Gasteiger partial charge in [0, 0.05) is 12.0 Å². The number of alkyl carbamates (subject to hydrolysis) is 1. The molecule has 0 aliphatic heterocycles. The Kier molecular flexibility index (Phi) is 5.76. The summed E-state index contributed by atoms with van der Waals surface area (Å²) < 4.78 is 10.6.